The molecule has 0 saturated heterocycles. The van der Waals surface area contributed by atoms with Gasteiger partial charge in [0.15, 0.2) is 12.3 Å². The predicted octanol–water partition coefficient (Wildman–Crippen LogP) is 1.40. The summed E-state index contributed by atoms with van der Waals surface area (Å²) in [6.45, 7) is 1.65. The molecule has 0 spiro atoms. The molecule has 144 valence electrons. The van der Waals surface area contributed by atoms with E-state index in [0.29, 0.717) is 23.1 Å². The summed E-state index contributed by atoms with van der Waals surface area (Å²) in [4.78, 5) is 36.6. The molecule has 0 saturated carbocycles. The molecule has 1 aromatic heterocycles. The normalized spacial score (nSPS) is 10.5. The number of nitrogens with zero attached hydrogens (tertiary/aromatic N) is 2. The highest BCUT2D eigenvalue weighted by atomic mass is 19.1. The standard InChI is InChI=1S/C19H17FN4O4/c1-2-24-19(27)15-6-4-3-5-14(15)17(23-24)18(26)22-21-16(25)11-28-13-9-7-12(20)8-10-13/h3-10H,2,11H2,1H3,(H,21,25)(H,22,26). The fraction of sp³-hybridized carbons (Fsp3) is 0.158. The minimum absolute atomic E-state index is 0.0109. The molecule has 28 heavy (non-hydrogen) atoms. The highest BCUT2D eigenvalue weighted by Crippen LogP contribution is 2.13. The van der Waals surface area contributed by atoms with Gasteiger partial charge in [0.2, 0.25) is 0 Å². The van der Waals surface area contributed by atoms with E-state index in [0.717, 1.165) is 0 Å². The summed E-state index contributed by atoms with van der Waals surface area (Å²) in [6.07, 6.45) is 0. The Labute approximate surface area is 158 Å². The fourth-order valence-electron chi connectivity index (χ4n) is 2.52. The Kier molecular flexibility index (Phi) is 5.64. The van der Waals surface area contributed by atoms with Crippen molar-refractivity contribution in [1.29, 1.82) is 0 Å². The van der Waals surface area contributed by atoms with E-state index in [2.05, 4.69) is 16.0 Å². The Morgan fingerprint density at radius 2 is 1.75 bits per heavy atom. The highest BCUT2D eigenvalue weighted by Gasteiger charge is 2.16. The number of hydrazine groups is 1. The Morgan fingerprint density at radius 1 is 1.07 bits per heavy atom. The second-order valence-corrected chi connectivity index (χ2v) is 5.76. The van der Waals surface area contributed by atoms with Crippen molar-refractivity contribution in [3.05, 3.63) is 70.4 Å². The number of ether oxygens (including phenoxy) is 1. The van der Waals surface area contributed by atoms with Crippen molar-refractivity contribution >= 4 is 22.6 Å². The molecule has 9 heteroatoms. The number of carbonyl (C=O) groups is 2. The highest BCUT2D eigenvalue weighted by molar-refractivity contribution is 6.05. The minimum atomic E-state index is -0.673. The zero-order valence-electron chi connectivity index (χ0n) is 14.9. The topological polar surface area (TPSA) is 102 Å². The summed E-state index contributed by atoms with van der Waals surface area (Å²) < 4.78 is 19.2. The predicted molar refractivity (Wildman–Crippen MR) is 99.2 cm³/mol. The minimum Gasteiger partial charge on any atom is -0.484 e. The van der Waals surface area contributed by atoms with Crippen LogP contribution in [0.25, 0.3) is 10.8 Å². The number of amides is 2. The summed E-state index contributed by atoms with van der Waals surface area (Å²) in [6, 6.07) is 11.8. The summed E-state index contributed by atoms with van der Waals surface area (Å²) >= 11 is 0. The molecule has 0 aliphatic rings. The molecule has 0 fully saturated rings. The van der Waals surface area contributed by atoms with Gasteiger partial charge in [-0.3, -0.25) is 25.2 Å². The third-order valence-electron chi connectivity index (χ3n) is 3.88. The number of halogens is 1. The van der Waals surface area contributed by atoms with Crippen molar-refractivity contribution in [2.75, 3.05) is 6.61 Å². The summed E-state index contributed by atoms with van der Waals surface area (Å²) in [7, 11) is 0. The smallest absolute Gasteiger partial charge is 0.290 e. The average Bonchev–Trinajstić information content (AvgIpc) is 2.72. The van der Waals surface area contributed by atoms with Crippen LogP contribution in [0.1, 0.15) is 17.4 Å². The van der Waals surface area contributed by atoms with Crippen LogP contribution in [-0.2, 0) is 11.3 Å². The first kappa shape index (κ1) is 19.0. The van der Waals surface area contributed by atoms with E-state index in [1.165, 1.54) is 28.9 Å². The maximum Gasteiger partial charge on any atom is 0.290 e. The molecule has 0 unspecified atom stereocenters. The Balaban J connectivity index is 1.68. The van der Waals surface area contributed by atoms with Crippen LogP contribution in [0.3, 0.4) is 0 Å². The molecule has 1 heterocycles. The summed E-state index contributed by atoms with van der Waals surface area (Å²) in [5.41, 5.74) is 4.18. The third-order valence-corrected chi connectivity index (χ3v) is 3.88. The van der Waals surface area contributed by atoms with Crippen molar-refractivity contribution in [3.63, 3.8) is 0 Å². The van der Waals surface area contributed by atoms with Crippen LogP contribution >= 0.6 is 0 Å². The fourth-order valence-corrected chi connectivity index (χ4v) is 2.52. The van der Waals surface area contributed by atoms with E-state index >= 15 is 0 Å². The lowest BCUT2D eigenvalue weighted by atomic mass is 10.1. The largest absolute Gasteiger partial charge is 0.484 e. The lowest BCUT2D eigenvalue weighted by Crippen LogP contribution is -2.44. The van der Waals surface area contributed by atoms with Gasteiger partial charge in [0.05, 0.1) is 5.39 Å². The number of hydrogen-bond acceptors (Lipinski definition) is 5. The van der Waals surface area contributed by atoms with Gasteiger partial charge in [-0.2, -0.15) is 5.10 Å². The molecule has 8 nitrogen and oxygen atoms in total. The molecule has 0 bridgehead atoms. The van der Waals surface area contributed by atoms with E-state index < -0.39 is 17.6 Å². The number of fused-ring (bicyclic) bond motifs is 1. The van der Waals surface area contributed by atoms with E-state index in [1.54, 1.807) is 31.2 Å². The molecule has 3 aromatic rings. The Hall–Kier alpha value is -3.75. The number of benzene rings is 2. The Bertz CT molecular complexity index is 1080. The number of aryl methyl sites for hydroxylation is 1. The van der Waals surface area contributed by atoms with Crippen molar-refractivity contribution < 1.29 is 18.7 Å². The molecule has 2 N–H and O–H groups in total. The zero-order valence-corrected chi connectivity index (χ0v) is 14.9. The molecule has 0 radical (unpaired) electrons. The molecule has 0 aliphatic heterocycles. The van der Waals surface area contributed by atoms with Gasteiger partial charge < -0.3 is 4.74 Å². The SMILES string of the molecule is CCn1nc(C(=O)NNC(=O)COc2ccc(F)cc2)c2ccccc2c1=O. The van der Waals surface area contributed by atoms with Gasteiger partial charge >= 0.3 is 0 Å². The monoisotopic (exact) mass is 384 g/mol. The Morgan fingerprint density at radius 3 is 2.43 bits per heavy atom. The van der Waals surface area contributed by atoms with Crippen LogP contribution in [0.15, 0.2) is 53.3 Å². The quantitative estimate of drug-likeness (QED) is 0.648. The van der Waals surface area contributed by atoms with Gasteiger partial charge in [0, 0.05) is 11.9 Å². The molecular weight excluding hydrogens is 367 g/mol. The van der Waals surface area contributed by atoms with E-state index in [9.17, 15) is 18.8 Å². The zero-order chi connectivity index (χ0) is 20.1. The van der Waals surface area contributed by atoms with Gasteiger partial charge in [-0.1, -0.05) is 18.2 Å². The molecule has 3 rings (SSSR count). The summed E-state index contributed by atoms with van der Waals surface area (Å²) in [5, 5.41) is 4.81. The number of hydrogen-bond donors (Lipinski definition) is 2. The first-order valence-electron chi connectivity index (χ1n) is 8.47. The lowest BCUT2D eigenvalue weighted by Gasteiger charge is -2.11. The van der Waals surface area contributed by atoms with Crippen LogP contribution in [0.4, 0.5) is 4.39 Å². The van der Waals surface area contributed by atoms with Crippen LogP contribution in [0, 0.1) is 5.82 Å². The number of aromatic nitrogens is 2. The second-order valence-electron chi connectivity index (χ2n) is 5.76. The van der Waals surface area contributed by atoms with Crippen LogP contribution in [0.5, 0.6) is 5.75 Å². The van der Waals surface area contributed by atoms with Crippen molar-refractivity contribution in [2.24, 2.45) is 0 Å². The summed E-state index contributed by atoms with van der Waals surface area (Å²) in [5.74, 6) is -1.40. The molecular formula is C19H17FN4O4. The van der Waals surface area contributed by atoms with Crippen molar-refractivity contribution in [3.8, 4) is 5.75 Å². The van der Waals surface area contributed by atoms with E-state index in [-0.39, 0.29) is 17.9 Å². The average molecular weight is 384 g/mol. The number of nitrogens with one attached hydrogen (secondary N) is 2. The van der Waals surface area contributed by atoms with Crippen molar-refractivity contribution in [1.82, 2.24) is 20.6 Å². The maximum atomic E-state index is 12.8. The second kappa shape index (κ2) is 8.30. The third kappa shape index (κ3) is 4.14. The van der Waals surface area contributed by atoms with Gasteiger partial charge in [0.25, 0.3) is 17.4 Å². The van der Waals surface area contributed by atoms with Gasteiger partial charge in [-0.25, -0.2) is 9.07 Å². The maximum absolute atomic E-state index is 12.8. The van der Waals surface area contributed by atoms with Crippen molar-refractivity contribution in [2.45, 2.75) is 13.5 Å². The van der Waals surface area contributed by atoms with Gasteiger partial charge in [-0.05, 0) is 37.3 Å². The van der Waals surface area contributed by atoms with E-state index in [1.807, 2.05) is 0 Å². The van der Waals surface area contributed by atoms with Crippen LogP contribution in [-0.4, -0.2) is 28.2 Å². The number of rotatable bonds is 5. The first-order chi connectivity index (χ1) is 13.5. The lowest BCUT2D eigenvalue weighted by molar-refractivity contribution is -0.123. The van der Waals surface area contributed by atoms with Crippen LogP contribution in [0.2, 0.25) is 0 Å². The van der Waals surface area contributed by atoms with Gasteiger partial charge in [-0.15, -0.1) is 0 Å². The molecule has 0 atom stereocenters. The molecule has 0 aliphatic carbocycles. The number of carbonyl (C=O) groups excluding carboxylic acids is 2. The molecule has 2 amide bonds. The van der Waals surface area contributed by atoms with E-state index in [4.69, 9.17) is 4.74 Å². The first-order valence-corrected chi connectivity index (χ1v) is 8.47. The van der Waals surface area contributed by atoms with Gasteiger partial charge in [0.1, 0.15) is 11.6 Å². The molecule has 2 aromatic carbocycles. The van der Waals surface area contributed by atoms with Crippen LogP contribution < -0.4 is 21.1 Å².